The molecule has 38 heavy (non-hydrogen) atoms. The van der Waals surface area contributed by atoms with Crippen LogP contribution in [0.4, 0.5) is 0 Å². The summed E-state index contributed by atoms with van der Waals surface area (Å²) in [6.07, 6.45) is -0.439. The topological polar surface area (TPSA) is 106 Å². The second-order valence-electron chi connectivity index (χ2n) is 9.92. The normalized spacial score (nSPS) is 20.1. The average Bonchev–Trinajstić information content (AvgIpc) is 3.44. The van der Waals surface area contributed by atoms with Crippen molar-refractivity contribution >= 4 is 17.7 Å². The minimum absolute atomic E-state index is 0.139. The van der Waals surface area contributed by atoms with Crippen LogP contribution in [0.1, 0.15) is 37.7 Å². The number of likely N-dealkylation sites (tertiary alicyclic amines) is 1. The summed E-state index contributed by atoms with van der Waals surface area (Å²) in [6.45, 7) is 4.47. The highest BCUT2D eigenvalue weighted by molar-refractivity contribution is 5.97. The van der Waals surface area contributed by atoms with Crippen molar-refractivity contribution in [3.05, 3.63) is 76.6 Å². The summed E-state index contributed by atoms with van der Waals surface area (Å²) in [6, 6.07) is 14.1. The summed E-state index contributed by atoms with van der Waals surface area (Å²) in [4.78, 5) is 42.4. The Morgan fingerprint density at radius 3 is 2.63 bits per heavy atom. The maximum absolute atomic E-state index is 13.3. The zero-order valence-electron chi connectivity index (χ0n) is 21.9. The number of nitrogens with zero attached hydrogens (tertiary/aromatic N) is 4. The van der Waals surface area contributed by atoms with Gasteiger partial charge in [0.05, 0.1) is 31.0 Å². The summed E-state index contributed by atoms with van der Waals surface area (Å²) in [5.74, 6) is 0.381. The number of benzene rings is 2. The molecule has 1 saturated heterocycles. The van der Waals surface area contributed by atoms with E-state index in [0.717, 1.165) is 16.8 Å². The van der Waals surface area contributed by atoms with Gasteiger partial charge in [0, 0.05) is 32.7 Å². The van der Waals surface area contributed by atoms with Gasteiger partial charge in [0.2, 0.25) is 5.91 Å². The van der Waals surface area contributed by atoms with Crippen molar-refractivity contribution < 1.29 is 23.9 Å². The molecule has 2 aliphatic heterocycles. The van der Waals surface area contributed by atoms with Gasteiger partial charge in [0.15, 0.2) is 0 Å². The maximum Gasteiger partial charge on any atom is 0.272 e. The number of likely N-dealkylation sites (N-methyl/N-ethyl adjacent to an activating group) is 1. The van der Waals surface area contributed by atoms with E-state index in [1.54, 1.807) is 41.9 Å². The lowest BCUT2D eigenvalue weighted by molar-refractivity contribution is -0.123. The third-order valence-electron chi connectivity index (χ3n) is 6.87. The van der Waals surface area contributed by atoms with E-state index in [1.807, 2.05) is 44.2 Å². The van der Waals surface area contributed by atoms with Crippen LogP contribution in [0.25, 0.3) is 0 Å². The molecule has 5 rings (SSSR count). The zero-order chi connectivity index (χ0) is 27.0. The van der Waals surface area contributed by atoms with Crippen molar-refractivity contribution in [3.8, 4) is 11.5 Å². The van der Waals surface area contributed by atoms with Gasteiger partial charge >= 0.3 is 0 Å². The number of carbonyl (C=O) groups is 3. The molecule has 2 aromatic carbocycles. The number of nitrogens with one attached hydrogen (secondary N) is 1. The van der Waals surface area contributed by atoms with E-state index >= 15 is 0 Å². The number of aromatic nitrogens is 2. The summed E-state index contributed by atoms with van der Waals surface area (Å²) < 4.78 is 13.9. The Bertz CT molecular complexity index is 1400. The first kappa shape index (κ1) is 25.5. The fourth-order valence-electron chi connectivity index (χ4n) is 4.85. The molecule has 4 bridgehead atoms. The molecule has 2 aliphatic rings. The summed E-state index contributed by atoms with van der Waals surface area (Å²) in [7, 11) is 3.31. The number of amides is 3. The van der Waals surface area contributed by atoms with Crippen LogP contribution in [0.15, 0.2) is 48.5 Å². The molecule has 1 fully saturated rings. The Labute approximate surface area is 221 Å². The van der Waals surface area contributed by atoms with Crippen LogP contribution >= 0.6 is 0 Å². The largest absolute Gasteiger partial charge is 0.457 e. The van der Waals surface area contributed by atoms with Crippen LogP contribution in [-0.4, -0.2) is 76.1 Å². The van der Waals surface area contributed by atoms with E-state index < -0.39 is 12.1 Å². The molecule has 0 radical (unpaired) electrons. The quantitative estimate of drug-likeness (QED) is 0.532. The Morgan fingerprint density at radius 2 is 1.87 bits per heavy atom. The maximum atomic E-state index is 13.3. The second kappa shape index (κ2) is 10.3. The summed E-state index contributed by atoms with van der Waals surface area (Å²) in [5.41, 5.74) is 3.41. The van der Waals surface area contributed by atoms with Crippen LogP contribution in [-0.2, 0) is 23.2 Å². The predicted octanol–water partition coefficient (Wildman–Crippen LogP) is 2.44. The van der Waals surface area contributed by atoms with Crippen LogP contribution in [0, 0.1) is 13.8 Å². The standard InChI is InChI=1S/C28H31N5O5/c1-17-8-9-20-12-24(17)38-21-7-5-6-19(11-21)16-37-25-14-33(28(36)23-10-18(2)30-32(23)4)13-22(25)29-26(34)15-31(3)27(20)35/h5-12,22,25H,13-16H2,1-4H3,(H,29,34)/t22-,25-/m0/s1. The molecule has 3 aromatic rings. The zero-order valence-corrected chi connectivity index (χ0v) is 21.9. The number of rotatable bonds is 1. The molecule has 10 heteroatoms. The number of fused-ring (bicyclic) bond motifs is 5. The number of aryl methyl sites for hydroxylation is 3. The van der Waals surface area contributed by atoms with E-state index in [-0.39, 0.29) is 37.4 Å². The lowest BCUT2D eigenvalue weighted by atomic mass is 10.1. The monoisotopic (exact) mass is 517 g/mol. The molecule has 1 N–H and O–H groups in total. The highest BCUT2D eigenvalue weighted by atomic mass is 16.5. The van der Waals surface area contributed by atoms with Gasteiger partial charge in [-0.05, 0) is 55.3 Å². The van der Waals surface area contributed by atoms with Gasteiger partial charge in [-0.15, -0.1) is 0 Å². The Hall–Kier alpha value is -4.18. The van der Waals surface area contributed by atoms with E-state index in [4.69, 9.17) is 9.47 Å². The van der Waals surface area contributed by atoms with Crippen LogP contribution in [0.5, 0.6) is 11.5 Å². The second-order valence-corrected chi connectivity index (χ2v) is 9.92. The molecular formula is C28H31N5O5. The summed E-state index contributed by atoms with van der Waals surface area (Å²) >= 11 is 0. The van der Waals surface area contributed by atoms with Crippen molar-refractivity contribution in [2.75, 3.05) is 26.7 Å². The molecule has 2 atom stereocenters. The van der Waals surface area contributed by atoms with Gasteiger partial charge in [0.1, 0.15) is 17.2 Å². The van der Waals surface area contributed by atoms with Crippen molar-refractivity contribution in [2.24, 2.45) is 7.05 Å². The molecule has 3 amide bonds. The van der Waals surface area contributed by atoms with E-state index in [1.165, 1.54) is 4.90 Å². The SMILES string of the molecule is Cc1cc(C(=O)N2C[C@@H]3NC(=O)CN(C)C(=O)c4ccc(C)c(c4)Oc4cccc(c4)CO[C@H]3C2)n(C)n1. The first-order valence-electron chi connectivity index (χ1n) is 12.5. The lowest BCUT2D eigenvalue weighted by Crippen LogP contribution is -2.48. The van der Waals surface area contributed by atoms with Crippen LogP contribution in [0.3, 0.4) is 0 Å². The number of hydrogen-bond donors (Lipinski definition) is 1. The molecule has 1 aromatic heterocycles. The minimum Gasteiger partial charge on any atom is -0.457 e. The third kappa shape index (κ3) is 5.26. The third-order valence-corrected chi connectivity index (χ3v) is 6.87. The molecular weight excluding hydrogens is 486 g/mol. The molecule has 198 valence electrons. The van der Waals surface area contributed by atoms with Gasteiger partial charge in [0.25, 0.3) is 11.8 Å². The van der Waals surface area contributed by atoms with Gasteiger partial charge in [-0.3, -0.25) is 19.1 Å². The molecule has 0 spiro atoms. The lowest BCUT2D eigenvalue weighted by Gasteiger charge is -2.23. The summed E-state index contributed by atoms with van der Waals surface area (Å²) in [5, 5.41) is 7.27. The van der Waals surface area contributed by atoms with E-state index in [2.05, 4.69) is 10.4 Å². The number of hydrogen-bond acceptors (Lipinski definition) is 6. The van der Waals surface area contributed by atoms with Crippen molar-refractivity contribution in [1.29, 1.82) is 0 Å². The highest BCUT2D eigenvalue weighted by Gasteiger charge is 2.38. The fraction of sp³-hybridized carbons (Fsp3) is 0.357. The number of carbonyl (C=O) groups excluding carboxylic acids is 3. The first-order chi connectivity index (χ1) is 18.2. The van der Waals surface area contributed by atoms with Gasteiger partial charge in [-0.25, -0.2) is 0 Å². The molecule has 10 nitrogen and oxygen atoms in total. The minimum atomic E-state index is -0.442. The van der Waals surface area contributed by atoms with E-state index in [0.29, 0.717) is 29.3 Å². The Morgan fingerprint density at radius 1 is 1.05 bits per heavy atom. The van der Waals surface area contributed by atoms with Crippen molar-refractivity contribution in [3.63, 3.8) is 0 Å². The smallest absolute Gasteiger partial charge is 0.272 e. The number of ether oxygens (including phenoxy) is 2. The molecule has 3 heterocycles. The molecule has 0 saturated carbocycles. The molecule has 0 unspecified atom stereocenters. The fourth-order valence-corrected chi connectivity index (χ4v) is 4.85. The van der Waals surface area contributed by atoms with Crippen molar-refractivity contribution in [1.82, 2.24) is 24.9 Å². The predicted molar refractivity (Wildman–Crippen MR) is 139 cm³/mol. The Kier molecular flexibility index (Phi) is 6.90. The first-order valence-corrected chi connectivity index (χ1v) is 12.5. The Balaban J connectivity index is 1.43. The average molecular weight is 518 g/mol. The van der Waals surface area contributed by atoms with Crippen molar-refractivity contribution in [2.45, 2.75) is 32.6 Å². The van der Waals surface area contributed by atoms with Crippen LogP contribution < -0.4 is 10.1 Å². The van der Waals surface area contributed by atoms with Gasteiger partial charge in [-0.1, -0.05) is 18.2 Å². The van der Waals surface area contributed by atoms with Crippen LogP contribution in [0.2, 0.25) is 0 Å². The van der Waals surface area contributed by atoms with E-state index in [9.17, 15) is 14.4 Å². The highest BCUT2D eigenvalue weighted by Crippen LogP contribution is 2.28. The molecule has 0 aliphatic carbocycles. The van der Waals surface area contributed by atoms with Gasteiger partial charge < -0.3 is 24.6 Å². The van der Waals surface area contributed by atoms with Gasteiger partial charge in [-0.2, -0.15) is 5.10 Å².